The summed E-state index contributed by atoms with van der Waals surface area (Å²) in [6.07, 6.45) is 5.51. The largest absolute Gasteiger partial charge is 0.464 e. The topological polar surface area (TPSA) is 43.6 Å². The van der Waals surface area contributed by atoms with E-state index in [1.807, 2.05) is 34.5 Å². The van der Waals surface area contributed by atoms with Gasteiger partial charge >= 0.3 is 5.97 Å². The zero-order valence-corrected chi connectivity index (χ0v) is 12.4. The minimum atomic E-state index is -0.325. The van der Waals surface area contributed by atoms with E-state index in [1.165, 1.54) is 31.5 Å². The van der Waals surface area contributed by atoms with E-state index in [1.54, 1.807) is 6.07 Å². The van der Waals surface area contributed by atoms with Crippen molar-refractivity contribution >= 4 is 23.4 Å². The van der Waals surface area contributed by atoms with Crippen LogP contribution in [0.1, 0.15) is 29.0 Å². The van der Waals surface area contributed by atoms with Gasteiger partial charge in [-0.15, -0.1) is 0 Å². The fourth-order valence-corrected chi connectivity index (χ4v) is 3.88. The highest BCUT2D eigenvalue weighted by molar-refractivity contribution is 7.99. The number of ether oxygens (including phenoxy) is 1. The van der Waals surface area contributed by atoms with Crippen LogP contribution in [0.5, 0.6) is 0 Å². The summed E-state index contributed by atoms with van der Waals surface area (Å²) >= 11 is 2.04. The first-order valence-corrected chi connectivity index (χ1v) is 8.06. The van der Waals surface area contributed by atoms with E-state index in [0.717, 1.165) is 23.7 Å². The molecule has 0 unspecified atom stereocenters. The maximum absolute atomic E-state index is 11.8. The SMILES string of the molecule is COC(=O)c1cccc2nc(CC3CCSCC3)cn12. The molecule has 1 aliphatic heterocycles. The van der Waals surface area contributed by atoms with Crippen molar-refractivity contribution in [2.45, 2.75) is 19.3 Å². The second kappa shape index (κ2) is 5.87. The Labute approximate surface area is 122 Å². The quantitative estimate of drug-likeness (QED) is 0.815. The molecule has 20 heavy (non-hydrogen) atoms. The lowest BCUT2D eigenvalue weighted by Crippen LogP contribution is -2.12. The molecule has 0 spiro atoms. The van der Waals surface area contributed by atoms with Crippen LogP contribution < -0.4 is 0 Å². The summed E-state index contributed by atoms with van der Waals surface area (Å²) in [5.41, 5.74) is 2.41. The molecule has 4 nitrogen and oxygen atoms in total. The van der Waals surface area contributed by atoms with Gasteiger partial charge in [-0.2, -0.15) is 11.8 Å². The molecule has 0 aliphatic carbocycles. The van der Waals surface area contributed by atoms with Crippen LogP contribution in [0, 0.1) is 5.92 Å². The summed E-state index contributed by atoms with van der Waals surface area (Å²) in [7, 11) is 1.40. The smallest absolute Gasteiger partial charge is 0.355 e. The van der Waals surface area contributed by atoms with Crippen molar-refractivity contribution < 1.29 is 9.53 Å². The molecule has 3 heterocycles. The highest BCUT2D eigenvalue weighted by atomic mass is 32.2. The normalized spacial score (nSPS) is 16.4. The summed E-state index contributed by atoms with van der Waals surface area (Å²) in [6.45, 7) is 0. The van der Waals surface area contributed by atoms with Crippen molar-refractivity contribution in [2.24, 2.45) is 5.92 Å². The van der Waals surface area contributed by atoms with Crippen molar-refractivity contribution in [3.8, 4) is 0 Å². The molecule has 1 saturated heterocycles. The van der Waals surface area contributed by atoms with E-state index in [9.17, 15) is 4.79 Å². The molecule has 0 bridgehead atoms. The molecule has 1 aliphatic rings. The van der Waals surface area contributed by atoms with Crippen molar-refractivity contribution in [1.29, 1.82) is 0 Å². The highest BCUT2D eigenvalue weighted by Crippen LogP contribution is 2.25. The number of thioether (sulfide) groups is 1. The minimum Gasteiger partial charge on any atom is -0.464 e. The maximum atomic E-state index is 11.8. The fraction of sp³-hybridized carbons (Fsp3) is 0.467. The monoisotopic (exact) mass is 290 g/mol. The lowest BCUT2D eigenvalue weighted by atomic mass is 9.97. The number of rotatable bonds is 3. The number of carbonyl (C=O) groups is 1. The van der Waals surface area contributed by atoms with Crippen LogP contribution in [-0.4, -0.2) is 34.0 Å². The molecule has 2 aromatic rings. The molecule has 5 heteroatoms. The molecule has 0 amide bonds. The summed E-state index contributed by atoms with van der Waals surface area (Å²) in [5, 5.41) is 0. The Kier molecular flexibility index (Phi) is 3.96. The first kappa shape index (κ1) is 13.5. The molecule has 1 fully saturated rings. The van der Waals surface area contributed by atoms with Gasteiger partial charge in [0.05, 0.1) is 12.8 Å². The Balaban J connectivity index is 1.88. The van der Waals surface area contributed by atoms with Crippen molar-refractivity contribution in [3.05, 3.63) is 35.8 Å². The summed E-state index contributed by atoms with van der Waals surface area (Å²) in [4.78, 5) is 16.4. The highest BCUT2D eigenvalue weighted by Gasteiger charge is 2.17. The Bertz CT molecular complexity index is 617. The number of nitrogens with zero attached hydrogens (tertiary/aromatic N) is 2. The number of hydrogen-bond donors (Lipinski definition) is 0. The number of fused-ring (bicyclic) bond motifs is 1. The van der Waals surface area contributed by atoms with Crippen LogP contribution in [0.3, 0.4) is 0 Å². The van der Waals surface area contributed by atoms with E-state index in [2.05, 4.69) is 4.98 Å². The summed E-state index contributed by atoms with van der Waals surface area (Å²) < 4.78 is 6.65. The van der Waals surface area contributed by atoms with Gasteiger partial charge in [0.1, 0.15) is 11.3 Å². The lowest BCUT2D eigenvalue weighted by Gasteiger charge is -2.19. The van der Waals surface area contributed by atoms with Gasteiger partial charge in [-0.3, -0.25) is 4.40 Å². The number of methoxy groups -OCH3 is 1. The minimum absolute atomic E-state index is 0.325. The standard InChI is InChI=1S/C15H18N2O2S/c1-19-15(18)13-3-2-4-14-16-12(10-17(13)14)9-11-5-7-20-8-6-11/h2-4,10-11H,5-9H2,1H3. The zero-order chi connectivity index (χ0) is 13.9. The van der Waals surface area contributed by atoms with Crippen LogP contribution in [0.4, 0.5) is 0 Å². The summed E-state index contributed by atoms with van der Waals surface area (Å²) in [5.74, 6) is 2.91. The van der Waals surface area contributed by atoms with Crippen LogP contribution in [-0.2, 0) is 11.2 Å². The molecule has 106 valence electrons. The van der Waals surface area contributed by atoms with Gasteiger partial charge < -0.3 is 4.74 Å². The molecule has 3 rings (SSSR count). The molecule has 0 N–H and O–H groups in total. The van der Waals surface area contributed by atoms with Crippen LogP contribution in [0.2, 0.25) is 0 Å². The van der Waals surface area contributed by atoms with Crippen LogP contribution in [0.25, 0.3) is 5.65 Å². The van der Waals surface area contributed by atoms with E-state index in [4.69, 9.17) is 4.74 Å². The first-order valence-electron chi connectivity index (χ1n) is 6.91. The molecule has 0 radical (unpaired) electrons. The first-order chi connectivity index (χ1) is 9.78. The van der Waals surface area contributed by atoms with Gasteiger partial charge in [-0.1, -0.05) is 6.07 Å². The Morgan fingerprint density at radius 2 is 2.25 bits per heavy atom. The Hall–Kier alpha value is -1.49. The third kappa shape index (κ3) is 2.68. The average Bonchev–Trinajstić information content (AvgIpc) is 2.89. The van der Waals surface area contributed by atoms with E-state index < -0.39 is 0 Å². The van der Waals surface area contributed by atoms with Gasteiger partial charge in [-0.05, 0) is 48.8 Å². The fourth-order valence-electron chi connectivity index (χ4n) is 2.68. The molecule has 0 atom stereocenters. The van der Waals surface area contributed by atoms with Gasteiger partial charge in [0.25, 0.3) is 0 Å². The Morgan fingerprint density at radius 3 is 3.00 bits per heavy atom. The molecular formula is C15H18N2O2S. The van der Waals surface area contributed by atoms with Gasteiger partial charge in [0.2, 0.25) is 0 Å². The van der Waals surface area contributed by atoms with Gasteiger partial charge in [-0.25, -0.2) is 9.78 Å². The van der Waals surface area contributed by atoms with Crippen molar-refractivity contribution in [3.63, 3.8) is 0 Å². The number of esters is 1. The van der Waals surface area contributed by atoms with Crippen LogP contribution in [0.15, 0.2) is 24.4 Å². The average molecular weight is 290 g/mol. The third-order valence-corrected chi connectivity index (χ3v) is 4.82. The third-order valence-electron chi connectivity index (χ3n) is 3.78. The predicted molar refractivity (Wildman–Crippen MR) is 80.3 cm³/mol. The number of aromatic nitrogens is 2. The number of hydrogen-bond acceptors (Lipinski definition) is 4. The van der Waals surface area contributed by atoms with Gasteiger partial charge in [0, 0.05) is 6.20 Å². The Morgan fingerprint density at radius 1 is 1.45 bits per heavy atom. The summed E-state index contributed by atoms with van der Waals surface area (Å²) in [6, 6.07) is 5.53. The van der Waals surface area contributed by atoms with E-state index in [-0.39, 0.29) is 5.97 Å². The second-order valence-electron chi connectivity index (χ2n) is 5.12. The zero-order valence-electron chi connectivity index (χ0n) is 11.5. The van der Waals surface area contributed by atoms with Crippen LogP contribution >= 0.6 is 11.8 Å². The van der Waals surface area contributed by atoms with Gasteiger partial charge in [0.15, 0.2) is 0 Å². The predicted octanol–water partition coefficient (Wildman–Crippen LogP) is 2.81. The molecule has 0 saturated carbocycles. The van der Waals surface area contributed by atoms with Crippen molar-refractivity contribution in [1.82, 2.24) is 9.38 Å². The molecule has 2 aromatic heterocycles. The van der Waals surface area contributed by atoms with Crippen molar-refractivity contribution in [2.75, 3.05) is 18.6 Å². The number of carbonyl (C=O) groups excluding carboxylic acids is 1. The van der Waals surface area contributed by atoms with E-state index >= 15 is 0 Å². The molecular weight excluding hydrogens is 272 g/mol. The molecule has 0 aromatic carbocycles. The second-order valence-corrected chi connectivity index (χ2v) is 6.35. The van der Waals surface area contributed by atoms with E-state index in [0.29, 0.717) is 5.69 Å². The maximum Gasteiger partial charge on any atom is 0.355 e. The number of pyridine rings is 1. The number of imidazole rings is 1. The lowest BCUT2D eigenvalue weighted by molar-refractivity contribution is 0.0592.